The van der Waals surface area contributed by atoms with E-state index in [0.717, 1.165) is 43.2 Å². The smallest absolute Gasteiger partial charge is 0.329 e. The first-order valence-corrected chi connectivity index (χ1v) is 13.9. The van der Waals surface area contributed by atoms with E-state index in [4.69, 9.17) is 34.8 Å². The van der Waals surface area contributed by atoms with Crippen LogP contribution in [0.4, 0.5) is 5.69 Å². The van der Waals surface area contributed by atoms with Gasteiger partial charge in [-0.3, -0.25) is 9.59 Å². The van der Waals surface area contributed by atoms with Crippen molar-refractivity contribution in [3.05, 3.63) is 86.9 Å². The van der Waals surface area contributed by atoms with Gasteiger partial charge in [-0.25, -0.2) is 4.79 Å². The first kappa shape index (κ1) is 28.9. The minimum atomic E-state index is -1.44. The van der Waals surface area contributed by atoms with Gasteiger partial charge in [-0.15, -0.1) is 0 Å². The molecule has 39 heavy (non-hydrogen) atoms. The Morgan fingerprint density at radius 1 is 0.897 bits per heavy atom. The van der Waals surface area contributed by atoms with E-state index in [1.54, 1.807) is 25.1 Å². The summed E-state index contributed by atoms with van der Waals surface area (Å²) in [4.78, 5) is 39.1. The largest absolute Gasteiger partial charge is 0.480 e. The summed E-state index contributed by atoms with van der Waals surface area (Å²) < 4.78 is 0. The summed E-state index contributed by atoms with van der Waals surface area (Å²) in [5.74, 6) is -2.30. The molecule has 3 aromatic carbocycles. The van der Waals surface area contributed by atoms with Gasteiger partial charge >= 0.3 is 5.97 Å². The van der Waals surface area contributed by atoms with Crippen molar-refractivity contribution in [2.75, 3.05) is 5.32 Å². The molecule has 204 valence electrons. The number of carbonyl (C=O) groups excluding carboxylic acids is 2. The van der Waals surface area contributed by atoms with Crippen molar-refractivity contribution in [3.8, 4) is 11.1 Å². The minimum absolute atomic E-state index is 0.152. The Morgan fingerprint density at radius 3 is 2.15 bits per heavy atom. The summed E-state index contributed by atoms with van der Waals surface area (Å²) in [6.45, 7) is 1.56. The van der Waals surface area contributed by atoms with Gasteiger partial charge in [0.15, 0.2) is 0 Å². The van der Waals surface area contributed by atoms with E-state index in [0.29, 0.717) is 10.6 Å². The molecule has 0 aromatic heterocycles. The van der Waals surface area contributed by atoms with Gasteiger partial charge < -0.3 is 15.7 Å². The number of benzene rings is 3. The van der Waals surface area contributed by atoms with Gasteiger partial charge in [0.25, 0.3) is 5.91 Å². The second kappa shape index (κ2) is 12.4. The number of rotatable bonds is 8. The van der Waals surface area contributed by atoms with Crippen LogP contribution in [0.3, 0.4) is 0 Å². The number of anilines is 1. The maximum atomic E-state index is 13.6. The average molecular weight is 588 g/mol. The highest BCUT2D eigenvalue weighted by Gasteiger charge is 2.43. The Bertz CT molecular complexity index is 1370. The molecule has 0 aliphatic heterocycles. The zero-order valence-corrected chi connectivity index (χ0v) is 23.7. The van der Waals surface area contributed by atoms with Gasteiger partial charge in [0, 0.05) is 15.1 Å². The number of amides is 2. The second-order valence-electron chi connectivity index (χ2n) is 10.00. The fourth-order valence-electron chi connectivity index (χ4n) is 5.07. The number of hydrogen-bond donors (Lipinski definition) is 3. The maximum Gasteiger partial charge on any atom is 0.329 e. The lowest BCUT2D eigenvalue weighted by Crippen LogP contribution is -2.57. The molecule has 1 saturated carbocycles. The molecular weight excluding hydrogens is 559 g/mol. The number of hydrogen-bond acceptors (Lipinski definition) is 3. The summed E-state index contributed by atoms with van der Waals surface area (Å²) in [5.41, 5.74) is 1.03. The molecule has 2 amide bonds. The molecule has 0 spiro atoms. The summed E-state index contributed by atoms with van der Waals surface area (Å²) in [6, 6.07) is 17.6. The van der Waals surface area contributed by atoms with E-state index in [2.05, 4.69) is 10.6 Å². The second-order valence-corrected chi connectivity index (χ2v) is 11.2. The van der Waals surface area contributed by atoms with Crippen molar-refractivity contribution in [2.24, 2.45) is 5.92 Å². The maximum absolute atomic E-state index is 13.6. The van der Waals surface area contributed by atoms with E-state index in [1.165, 1.54) is 12.1 Å². The molecule has 3 aromatic rings. The topological polar surface area (TPSA) is 95.5 Å². The SMILES string of the molecule is C[C@@](NC(=O)c1ccc(-c2ccccc2)cc1NC(=O)Cc1c(Cl)cc(Cl)cc1Cl)(C(=O)O)C1CCCCC1. The number of aliphatic carboxylic acids is 1. The quantitative estimate of drug-likeness (QED) is 0.252. The zero-order chi connectivity index (χ0) is 28.2. The Labute approximate surface area is 242 Å². The molecule has 1 aliphatic carbocycles. The molecule has 1 aliphatic rings. The van der Waals surface area contributed by atoms with Gasteiger partial charge in [-0.2, -0.15) is 0 Å². The summed E-state index contributed by atoms with van der Waals surface area (Å²) in [6.07, 6.45) is 4.20. The van der Waals surface area contributed by atoms with Crippen molar-refractivity contribution in [1.82, 2.24) is 5.32 Å². The highest BCUT2D eigenvalue weighted by atomic mass is 35.5. The van der Waals surface area contributed by atoms with Gasteiger partial charge in [0.05, 0.1) is 17.7 Å². The third-order valence-electron chi connectivity index (χ3n) is 7.33. The fraction of sp³-hybridized carbons (Fsp3) is 0.300. The molecule has 0 bridgehead atoms. The molecule has 1 atom stereocenters. The Morgan fingerprint density at radius 2 is 1.54 bits per heavy atom. The van der Waals surface area contributed by atoms with Gasteiger partial charge in [-0.05, 0) is 66.6 Å². The van der Waals surface area contributed by atoms with Crippen molar-refractivity contribution in [2.45, 2.75) is 51.0 Å². The number of halogens is 3. The van der Waals surface area contributed by atoms with E-state index < -0.39 is 23.3 Å². The molecular formula is C30H29Cl3N2O4. The Kier molecular flexibility index (Phi) is 9.21. The van der Waals surface area contributed by atoms with E-state index in [9.17, 15) is 19.5 Å². The molecule has 0 unspecified atom stereocenters. The zero-order valence-electron chi connectivity index (χ0n) is 21.4. The van der Waals surface area contributed by atoms with Gasteiger partial charge in [0.1, 0.15) is 5.54 Å². The van der Waals surface area contributed by atoms with Crippen LogP contribution in [0.15, 0.2) is 60.7 Å². The molecule has 0 saturated heterocycles. The Balaban J connectivity index is 1.66. The predicted octanol–water partition coefficient (Wildman–Crippen LogP) is 7.65. The third-order valence-corrected chi connectivity index (χ3v) is 8.22. The molecule has 0 radical (unpaired) electrons. The van der Waals surface area contributed by atoms with Crippen LogP contribution < -0.4 is 10.6 Å². The minimum Gasteiger partial charge on any atom is -0.480 e. The van der Waals surface area contributed by atoms with Crippen LogP contribution in [0, 0.1) is 5.92 Å². The lowest BCUT2D eigenvalue weighted by molar-refractivity contribution is -0.146. The van der Waals surface area contributed by atoms with Crippen LogP contribution in [0.1, 0.15) is 54.9 Å². The number of carbonyl (C=O) groups is 3. The van der Waals surface area contributed by atoms with Crippen LogP contribution in [0.2, 0.25) is 15.1 Å². The normalized spacial score (nSPS) is 15.3. The van der Waals surface area contributed by atoms with E-state index in [-0.39, 0.29) is 33.6 Å². The summed E-state index contributed by atoms with van der Waals surface area (Å²) in [5, 5.41) is 16.6. The molecule has 6 nitrogen and oxygen atoms in total. The van der Waals surface area contributed by atoms with Crippen molar-refractivity contribution in [1.29, 1.82) is 0 Å². The summed E-state index contributed by atoms with van der Waals surface area (Å²) in [7, 11) is 0. The number of carboxylic acids is 1. The molecule has 3 N–H and O–H groups in total. The van der Waals surface area contributed by atoms with Crippen molar-refractivity contribution >= 4 is 58.3 Å². The number of nitrogens with one attached hydrogen (secondary N) is 2. The fourth-order valence-corrected chi connectivity index (χ4v) is 6.02. The van der Waals surface area contributed by atoms with Crippen LogP contribution in [-0.2, 0) is 16.0 Å². The Hall–Kier alpha value is -3.06. The average Bonchev–Trinajstić information content (AvgIpc) is 2.91. The molecule has 4 rings (SSSR count). The van der Waals surface area contributed by atoms with Crippen molar-refractivity contribution in [3.63, 3.8) is 0 Å². The molecule has 1 fully saturated rings. The summed E-state index contributed by atoms with van der Waals surface area (Å²) >= 11 is 18.5. The lowest BCUT2D eigenvalue weighted by Gasteiger charge is -2.37. The lowest BCUT2D eigenvalue weighted by atomic mass is 9.75. The standard InChI is InChI=1S/C30H29Cl3N2O4/c1-30(29(38)39,20-10-6-3-7-11-20)35-28(37)22-13-12-19(18-8-4-2-5-9-18)14-26(22)34-27(36)17-23-24(32)15-21(31)16-25(23)33/h2,4-5,8-9,12-16,20H,3,6-7,10-11,17H2,1H3,(H,34,36)(H,35,37)(H,38,39)/t30-/m0/s1. The molecule has 0 heterocycles. The number of carboxylic acid groups (broad SMARTS) is 1. The highest BCUT2D eigenvalue weighted by molar-refractivity contribution is 6.39. The predicted molar refractivity (Wildman–Crippen MR) is 156 cm³/mol. The first-order chi connectivity index (χ1) is 18.6. The highest BCUT2D eigenvalue weighted by Crippen LogP contribution is 2.34. The van der Waals surface area contributed by atoms with Crippen LogP contribution in [0.5, 0.6) is 0 Å². The first-order valence-electron chi connectivity index (χ1n) is 12.8. The van der Waals surface area contributed by atoms with Crippen LogP contribution in [-0.4, -0.2) is 28.4 Å². The monoisotopic (exact) mass is 586 g/mol. The third kappa shape index (κ3) is 6.75. The van der Waals surface area contributed by atoms with Crippen LogP contribution >= 0.6 is 34.8 Å². The van der Waals surface area contributed by atoms with Gasteiger partial charge in [0.2, 0.25) is 5.91 Å². The molecule has 9 heteroatoms. The van der Waals surface area contributed by atoms with Gasteiger partial charge in [-0.1, -0.05) is 90.5 Å². The van der Waals surface area contributed by atoms with Crippen molar-refractivity contribution < 1.29 is 19.5 Å². The van der Waals surface area contributed by atoms with E-state index >= 15 is 0 Å². The van der Waals surface area contributed by atoms with E-state index in [1.807, 2.05) is 30.3 Å². The van der Waals surface area contributed by atoms with Crippen LogP contribution in [0.25, 0.3) is 11.1 Å².